The molecule has 1 rings (SSSR count). The van der Waals surface area contributed by atoms with Crippen molar-refractivity contribution in [1.29, 1.82) is 0 Å². The highest BCUT2D eigenvalue weighted by Gasteiger charge is 2.09. The Balaban J connectivity index is 2.46. The number of aromatic hydroxyl groups is 1. The molecule has 0 aliphatic rings. The van der Waals surface area contributed by atoms with Crippen molar-refractivity contribution >= 4 is 5.97 Å². The molecule has 1 aromatic rings. The van der Waals surface area contributed by atoms with Gasteiger partial charge in [-0.1, -0.05) is 12.1 Å². The monoisotopic (exact) mass is 196 g/mol. The van der Waals surface area contributed by atoms with Crippen molar-refractivity contribution in [3.63, 3.8) is 0 Å². The molecule has 0 aromatic heterocycles. The van der Waals surface area contributed by atoms with Gasteiger partial charge in [0.05, 0.1) is 0 Å². The van der Waals surface area contributed by atoms with Crippen molar-refractivity contribution in [1.82, 2.24) is 0 Å². The van der Waals surface area contributed by atoms with Crippen molar-refractivity contribution < 1.29 is 19.7 Å². The smallest absolute Gasteiger partial charge is 0.334 e. The summed E-state index contributed by atoms with van der Waals surface area (Å²) in [6.07, 6.45) is -1.10. The number of rotatable bonds is 3. The highest BCUT2D eigenvalue weighted by atomic mass is 16.5. The Labute approximate surface area is 81.8 Å². The quantitative estimate of drug-likeness (QED) is 0.702. The second-order valence-electron chi connectivity index (χ2n) is 2.95. The van der Waals surface area contributed by atoms with E-state index in [2.05, 4.69) is 0 Å². The van der Waals surface area contributed by atoms with Gasteiger partial charge < -0.3 is 14.9 Å². The van der Waals surface area contributed by atoms with Crippen LogP contribution in [0, 0.1) is 0 Å². The van der Waals surface area contributed by atoms with Crippen LogP contribution in [-0.2, 0) is 16.1 Å². The van der Waals surface area contributed by atoms with E-state index in [1.165, 1.54) is 19.1 Å². The van der Waals surface area contributed by atoms with Crippen molar-refractivity contribution in [3.8, 4) is 5.75 Å². The van der Waals surface area contributed by atoms with E-state index in [0.717, 1.165) is 5.56 Å². The fourth-order valence-electron chi connectivity index (χ4n) is 0.867. The summed E-state index contributed by atoms with van der Waals surface area (Å²) in [5, 5.41) is 17.8. The molecule has 0 bridgehead atoms. The van der Waals surface area contributed by atoms with Crippen molar-refractivity contribution in [2.75, 3.05) is 0 Å². The first-order valence-electron chi connectivity index (χ1n) is 4.22. The first kappa shape index (κ1) is 10.5. The van der Waals surface area contributed by atoms with E-state index in [1.54, 1.807) is 12.1 Å². The Morgan fingerprint density at radius 1 is 1.43 bits per heavy atom. The van der Waals surface area contributed by atoms with E-state index < -0.39 is 12.1 Å². The third-order valence-corrected chi connectivity index (χ3v) is 1.66. The van der Waals surface area contributed by atoms with Crippen LogP contribution < -0.4 is 0 Å². The molecule has 76 valence electrons. The van der Waals surface area contributed by atoms with Crippen molar-refractivity contribution in [2.45, 2.75) is 19.6 Å². The lowest BCUT2D eigenvalue weighted by Crippen LogP contribution is -2.18. The van der Waals surface area contributed by atoms with Crippen LogP contribution in [0.3, 0.4) is 0 Å². The highest BCUT2D eigenvalue weighted by Crippen LogP contribution is 2.10. The summed E-state index contributed by atoms with van der Waals surface area (Å²) in [6, 6.07) is 6.30. The summed E-state index contributed by atoms with van der Waals surface area (Å²) in [4.78, 5) is 10.9. The molecule has 0 fully saturated rings. The normalized spacial score (nSPS) is 12.1. The van der Waals surface area contributed by atoms with Crippen molar-refractivity contribution in [2.24, 2.45) is 0 Å². The molecule has 0 saturated carbocycles. The number of esters is 1. The number of benzene rings is 1. The molecular formula is C10H12O4. The molecule has 0 spiro atoms. The van der Waals surface area contributed by atoms with Crippen LogP contribution in [0.15, 0.2) is 24.3 Å². The number of aliphatic hydroxyl groups is 1. The molecule has 0 amide bonds. The topological polar surface area (TPSA) is 66.8 Å². The van der Waals surface area contributed by atoms with Crippen LogP contribution in [0.5, 0.6) is 5.75 Å². The maximum atomic E-state index is 10.9. The predicted octanol–water partition coefficient (Wildman–Crippen LogP) is 0.816. The molecule has 4 heteroatoms. The minimum absolute atomic E-state index is 0.101. The zero-order valence-corrected chi connectivity index (χ0v) is 7.80. The van der Waals surface area contributed by atoms with Gasteiger partial charge >= 0.3 is 5.97 Å². The van der Waals surface area contributed by atoms with Crippen LogP contribution in [0.1, 0.15) is 12.5 Å². The van der Waals surface area contributed by atoms with Crippen LogP contribution in [0.2, 0.25) is 0 Å². The summed E-state index contributed by atoms with van der Waals surface area (Å²) in [6.45, 7) is 1.45. The Hall–Kier alpha value is -1.55. The SMILES string of the molecule is CC(O)C(=O)OCc1ccc(O)cc1. The molecule has 2 N–H and O–H groups in total. The molecule has 0 aliphatic heterocycles. The molecule has 4 nitrogen and oxygen atoms in total. The molecule has 0 radical (unpaired) electrons. The second-order valence-corrected chi connectivity index (χ2v) is 2.95. The summed E-state index contributed by atoms with van der Waals surface area (Å²) >= 11 is 0. The zero-order valence-electron chi connectivity index (χ0n) is 7.80. The largest absolute Gasteiger partial charge is 0.508 e. The molecule has 0 saturated heterocycles. The summed E-state index contributed by atoms with van der Waals surface area (Å²) < 4.78 is 4.76. The Bertz CT molecular complexity index is 302. The highest BCUT2D eigenvalue weighted by molar-refractivity contribution is 5.73. The fourth-order valence-corrected chi connectivity index (χ4v) is 0.867. The maximum absolute atomic E-state index is 10.9. The van der Waals surface area contributed by atoms with Gasteiger partial charge in [0.15, 0.2) is 0 Å². The number of carbonyl (C=O) groups is 1. The Kier molecular flexibility index (Phi) is 3.48. The van der Waals surface area contributed by atoms with Crippen molar-refractivity contribution in [3.05, 3.63) is 29.8 Å². The van der Waals surface area contributed by atoms with E-state index in [1.807, 2.05) is 0 Å². The number of hydrogen-bond acceptors (Lipinski definition) is 4. The van der Waals surface area contributed by atoms with Crippen LogP contribution in [-0.4, -0.2) is 22.3 Å². The molecule has 14 heavy (non-hydrogen) atoms. The van der Waals surface area contributed by atoms with Gasteiger partial charge in [-0.15, -0.1) is 0 Å². The third-order valence-electron chi connectivity index (χ3n) is 1.66. The summed E-state index contributed by atoms with van der Waals surface area (Å²) in [5.74, 6) is -0.492. The first-order valence-corrected chi connectivity index (χ1v) is 4.22. The molecular weight excluding hydrogens is 184 g/mol. The lowest BCUT2D eigenvalue weighted by molar-refractivity contribution is -0.153. The third kappa shape index (κ3) is 3.06. The van der Waals surface area contributed by atoms with Gasteiger partial charge in [-0.05, 0) is 24.6 Å². The Morgan fingerprint density at radius 3 is 2.50 bits per heavy atom. The first-order chi connectivity index (χ1) is 6.59. The molecule has 0 heterocycles. The lowest BCUT2D eigenvalue weighted by atomic mass is 10.2. The second kappa shape index (κ2) is 4.62. The van der Waals surface area contributed by atoms with Gasteiger partial charge in [-0.25, -0.2) is 4.79 Å². The summed E-state index contributed by atoms with van der Waals surface area (Å²) in [7, 11) is 0. The van der Waals surface area contributed by atoms with E-state index in [-0.39, 0.29) is 12.4 Å². The van der Waals surface area contributed by atoms with Gasteiger partial charge in [0.25, 0.3) is 0 Å². The van der Waals surface area contributed by atoms with E-state index in [0.29, 0.717) is 0 Å². The Morgan fingerprint density at radius 2 is 2.00 bits per heavy atom. The van der Waals surface area contributed by atoms with Crippen LogP contribution in [0.4, 0.5) is 0 Å². The van der Waals surface area contributed by atoms with E-state index >= 15 is 0 Å². The maximum Gasteiger partial charge on any atom is 0.334 e. The number of aliphatic hydroxyl groups excluding tert-OH is 1. The van der Waals surface area contributed by atoms with Crippen LogP contribution >= 0.6 is 0 Å². The number of hydrogen-bond donors (Lipinski definition) is 2. The van der Waals surface area contributed by atoms with Gasteiger partial charge in [-0.2, -0.15) is 0 Å². The zero-order chi connectivity index (χ0) is 10.6. The fraction of sp³-hybridized carbons (Fsp3) is 0.300. The number of phenolic OH excluding ortho intramolecular Hbond substituents is 1. The number of ether oxygens (including phenoxy) is 1. The average molecular weight is 196 g/mol. The van der Waals surface area contributed by atoms with Gasteiger partial charge in [-0.3, -0.25) is 0 Å². The minimum Gasteiger partial charge on any atom is -0.508 e. The molecule has 1 unspecified atom stereocenters. The number of carbonyl (C=O) groups excluding carboxylic acids is 1. The number of phenols is 1. The van der Waals surface area contributed by atoms with Gasteiger partial charge in [0.1, 0.15) is 18.5 Å². The molecule has 1 atom stereocenters. The standard InChI is InChI=1S/C10H12O4/c1-7(11)10(13)14-6-8-2-4-9(12)5-3-8/h2-5,7,11-12H,6H2,1H3. The molecule has 0 aliphatic carbocycles. The van der Waals surface area contributed by atoms with Gasteiger partial charge in [0.2, 0.25) is 0 Å². The predicted molar refractivity (Wildman–Crippen MR) is 49.6 cm³/mol. The lowest BCUT2D eigenvalue weighted by Gasteiger charge is -2.06. The van der Waals surface area contributed by atoms with E-state index in [9.17, 15) is 4.79 Å². The molecule has 1 aromatic carbocycles. The summed E-state index contributed by atoms with van der Waals surface area (Å²) in [5.41, 5.74) is 0.761. The van der Waals surface area contributed by atoms with Gasteiger partial charge in [0, 0.05) is 0 Å². The average Bonchev–Trinajstić information content (AvgIpc) is 2.16. The van der Waals surface area contributed by atoms with E-state index in [4.69, 9.17) is 14.9 Å². The minimum atomic E-state index is -1.10. The van der Waals surface area contributed by atoms with Crippen LogP contribution in [0.25, 0.3) is 0 Å².